The molecular weight excluding hydrogens is 445 g/mol. The van der Waals surface area contributed by atoms with Crippen molar-refractivity contribution in [3.05, 3.63) is 100 Å². The van der Waals surface area contributed by atoms with Gasteiger partial charge in [0.15, 0.2) is 0 Å². The highest BCUT2D eigenvalue weighted by molar-refractivity contribution is 5.64. The van der Waals surface area contributed by atoms with E-state index in [4.69, 9.17) is 0 Å². The van der Waals surface area contributed by atoms with Crippen molar-refractivity contribution < 1.29 is 30.7 Å². The normalized spacial score (nSPS) is 12.0. The minimum atomic E-state index is -4.71. The maximum atomic E-state index is 14.6. The second kappa shape index (κ2) is 10.2. The predicted molar refractivity (Wildman–Crippen MR) is 115 cm³/mol. The van der Waals surface area contributed by atoms with Crippen LogP contribution in [-0.4, -0.2) is 6.18 Å². The fourth-order valence-corrected chi connectivity index (χ4v) is 3.55. The Morgan fingerprint density at radius 1 is 0.667 bits per heavy atom. The van der Waals surface area contributed by atoms with Gasteiger partial charge in [0.05, 0.1) is 0 Å². The van der Waals surface area contributed by atoms with E-state index in [0.717, 1.165) is 30.5 Å². The molecular formula is C26H21F7. The third-order valence-electron chi connectivity index (χ3n) is 5.21. The standard InChI is InChI=1S/C26H21F7/c1-2-3-16-4-7-18(8-5-16)19-14-24(29)20(25(30)15-19)9-6-17-12-22(27)21(23(28)13-17)10-11-26(31,32)33/h4-5,7-8,10-15H,2-3,6,9H2,1H3/b11-10+. The second-order valence-electron chi connectivity index (χ2n) is 7.71. The van der Waals surface area contributed by atoms with Gasteiger partial charge in [0.25, 0.3) is 0 Å². The molecule has 0 heterocycles. The SMILES string of the molecule is CCCc1ccc(-c2cc(F)c(CCc3cc(F)c(/C=C/C(F)(F)F)c(F)c3)c(F)c2)cc1. The van der Waals surface area contributed by atoms with Crippen LogP contribution in [0.1, 0.15) is 35.6 Å². The molecule has 0 unspecified atom stereocenters. The summed E-state index contributed by atoms with van der Waals surface area (Å²) >= 11 is 0. The molecule has 0 radical (unpaired) electrons. The van der Waals surface area contributed by atoms with Crippen LogP contribution in [0.25, 0.3) is 17.2 Å². The van der Waals surface area contributed by atoms with E-state index in [1.54, 1.807) is 12.1 Å². The summed E-state index contributed by atoms with van der Waals surface area (Å²) in [4.78, 5) is 0. The quantitative estimate of drug-likeness (QED) is 0.308. The molecule has 3 rings (SSSR count). The molecule has 0 aliphatic heterocycles. The lowest BCUT2D eigenvalue weighted by atomic mass is 9.97. The molecule has 0 fully saturated rings. The van der Waals surface area contributed by atoms with Crippen LogP contribution in [0.5, 0.6) is 0 Å². The van der Waals surface area contributed by atoms with Gasteiger partial charge in [0.1, 0.15) is 23.3 Å². The van der Waals surface area contributed by atoms with E-state index in [0.29, 0.717) is 17.2 Å². The average molecular weight is 466 g/mol. The number of benzene rings is 3. The summed E-state index contributed by atoms with van der Waals surface area (Å²) in [6, 6.07) is 11.5. The lowest BCUT2D eigenvalue weighted by Gasteiger charge is -2.10. The van der Waals surface area contributed by atoms with Crippen molar-refractivity contribution in [2.24, 2.45) is 0 Å². The topological polar surface area (TPSA) is 0 Å². The molecule has 0 bridgehead atoms. The number of allylic oxidation sites excluding steroid dienone is 1. The van der Waals surface area contributed by atoms with Crippen LogP contribution in [0.4, 0.5) is 30.7 Å². The van der Waals surface area contributed by atoms with Gasteiger partial charge in [-0.3, -0.25) is 0 Å². The Hall–Kier alpha value is -3.09. The van der Waals surface area contributed by atoms with E-state index in [2.05, 4.69) is 6.92 Å². The fraction of sp³-hybridized carbons (Fsp3) is 0.231. The lowest BCUT2D eigenvalue weighted by Crippen LogP contribution is -2.03. The smallest absolute Gasteiger partial charge is 0.207 e. The fourth-order valence-electron chi connectivity index (χ4n) is 3.55. The van der Waals surface area contributed by atoms with Crippen LogP contribution in [-0.2, 0) is 19.3 Å². The lowest BCUT2D eigenvalue weighted by molar-refractivity contribution is -0.0790. The maximum absolute atomic E-state index is 14.6. The van der Waals surface area contributed by atoms with E-state index in [1.165, 1.54) is 12.1 Å². The summed E-state index contributed by atoms with van der Waals surface area (Å²) in [5, 5.41) is 0. The Kier molecular flexibility index (Phi) is 7.61. The van der Waals surface area contributed by atoms with Crippen molar-refractivity contribution in [1.29, 1.82) is 0 Å². The predicted octanol–water partition coefficient (Wildman–Crippen LogP) is 8.22. The monoisotopic (exact) mass is 466 g/mol. The molecule has 0 spiro atoms. The van der Waals surface area contributed by atoms with Crippen molar-refractivity contribution in [1.82, 2.24) is 0 Å². The van der Waals surface area contributed by atoms with E-state index >= 15 is 0 Å². The summed E-state index contributed by atoms with van der Waals surface area (Å²) < 4.78 is 94.2. The highest BCUT2D eigenvalue weighted by atomic mass is 19.4. The molecule has 0 saturated heterocycles. The van der Waals surface area contributed by atoms with Gasteiger partial charge in [-0.1, -0.05) is 37.6 Å². The van der Waals surface area contributed by atoms with Crippen LogP contribution in [0.2, 0.25) is 0 Å². The zero-order valence-electron chi connectivity index (χ0n) is 17.7. The summed E-state index contributed by atoms with van der Waals surface area (Å²) in [6.45, 7) is 2.06. The van der Waals surface area contributed by atoms with E-state index in [9.17, 15) is 30.7 Å². The van der Waals surface area contributed by atoms with Gasteiger partial charge >= 0.3 is 6.18 Å². The van der Waals surface area contributed by atoms with E-state index < -0.39 is 35.0 Å². The van der Waals surface area contributed by atoms with Gasteiger partial charge in [-0.2, -0.15) is 13.2 Å². The Labute approximate surface area is 187 Å². The molecule has 0 aliphatic carbocycles. The maximum Gasteiger partial charge on any atom is 0.409 e. The zero-order chi connectivity index (χ0) is 24.2. The number of hydrogen-bond donors (Lipinski definition) is 0. The number of rotatable bonds is 7. The third-order valence-corrected chi connectivity index (χ3v) is 5.21. The Balaban J connectivity index is 1.77. The van der Waals surface area contributed by atoms with Gasteiger partial charge in [0.2, 0.25) is 0 Å². The highest BCUT2D eigenvalue weighted by Gasteiger charge is 2.23. The molecule has 33 heavy (non-hydrogen) atoms. The molecule has 7 heteroatoms. The van der Waals surface area contributed by atoms with Crippen LogP contribution in [0.15, 0.2) is 54.6 Å². The first-order chi connectivity index (χ1) is 15.6. The van der Waals surface area contributed by atoms with Gasteiger partial charge in [0, 0.05) is 17.2 Å². The zero-order valence-corrected chi connectivity index (χ0v) is 17.7. The number of hydrogen-bond acceptors (Lipinski definition) is 0. The van der Waals surface area contributed by atoms with Crippen molar-refractivity contribution in [3.8, 4) is 11.1 Å². The molecule has 0 saturated carbocycles. The Morgan fingerprint density at radius 3 is 1.76 bits per heavy atom. The molecule has 0 atom stereocenters. The minimum Gasteiger partial charge on any atom is -0.207 e. The molecule has 3 aromatic carbocycles. The molecule has 174 valence electrons. The van der Waals surface area contributed by atoms with Crippen LogP contribution in [0.3, 0.4) is 0 Å². The summed E-state index contributed by atoms with van der Waals surface area (Å²) in [5.41, 5.74) is 1.16. The summed E-state index contributed by atoms with van der Waals surface area (Å²) in [7, 11) is 0. The van der Waals surface area contributed by atoms with E-state index in [1.807, 2.05) is 12.1 Å². The first kappa shape index (κ1) is 24.6. The highest BCUT2D eigenvalue weighted by Crippen LogP contribution is 2.27. The first-order valence-electron chi connectivity index (χ1n) is 10.4. The number of halogens is 7. The van der Waals surface area contributed by atoms with Gasteiger partial charge < -0.3 is 0 Å². The summed E-state index contributed by atoms with van der Waals surface area (Å²) in [5.74, 6) is -3.94. The van der Waals surface area contributed by atoms with Gasteiger partial charge in [-0.15, -0.1) is 0 Å². The number of aryl methyl sites for hydroxylation is 2. The van der Waals surface area contributed by atoms with Crippen molar-refractivity contribution in [2.75, 3.05) is 0 Å². The first-order valence-corrected chi connectivity index (χ1v) is 10.4. The molecule has 0 aliphatic rings. The van der Waals surface area contributed by atoms with Crippen LogP contribution < -0.4 is 0 Å². The largest absolute Gasteiger partial charge is 0.409 e. The molecule has 0 N–H and O–H groups in total. The van der Waals surface area contributed by atoms with E-state index in [-0.39, 0.29) is 30.0 Å². The van der Waals surface area contributed by atoms with Crippen LogP contribution in [0, 0.1) is 23.3 Å². The summed E-state index contributed by atoms with van der Waals surface area (Å²) in [6.07, 6.45) is -3.06. The average Bonchev–Trinajstić information content (AvgIpc) is 2.72. The van der Waals surface area contributed by atoms with Crippen molar-refractivity contribution in [2.45, 2.75) is 38.8 Å². The van der Waals surface area contributed by atoms with Gasteiger partial charge in [-0.25, -0.2) is 17.6 Å². The van der Waals surface area contributed by atoms with Gasteiger partial charge in [-0.05, 0) is 71.9 Å². The minimum absolute atomic E-state index is 0.0727. The molecule has 3 aromatic rings. The Bertz CT molecular complexity index is 1100. The molecule has 0 amide bonds. The molecule has 0 nitrogen and oxygen atoms in total. The Morgan fingerprint density at radius 2 is 1.24 bits per heavy atom. The molecule has 0 aromatic heterocycles. The third kappa shape index (κ3) is 6.46. The number of alkyl halides is 3. The second-order valence-corrected chi connectivity index (χ2v) is 7.71. The van der Waals surface area contributed by atoms with Crippen molar-refractivity contribution in [3.63, 3.8) is 0 Å². The van der Waals surface area contributed by atoms with Crippen LogP contribution >= 0.6 is 0 Å². The van der Waals surface area contributed by atoms with Crippen molar-refractivity contribution >= 4 is 6.08 Å².